The number of para-hydroxylation sites is 1. The number of aromatic nitrogens is 1. The van der Waals surface area contributed by atoms with Gasteiger partial charge in [-0.15, -0.1) is 11.3 Å². The van der Waals surface area contributed by atoms with E-state index in [1.165, 1.54) is 11.3 Å². The maximum Gasteiger partial charge on any atom is 0.311 e. The monoisotopic (exact) mass is 349 g/mol. The van der Waals surface area contributed by atoms with E-state index in [4.69, 9.17) is 14.2 Å². The lowest BCUT2D eigenvalue weighted by molar-refractivity contribution is -0.142. The molecule has 0 fully saturated rings. The molecule has 7 nitrogen and oxygen atoms in total. The molecule has 2 rings (SSSR count). The lowest BCUT2D eigenvalue weighted by Gasteiger charge is -2.09. The summed E-state index contributed by atoms with van der Waals surface area (Å²) < 4.78 is 15.5. The molecule has 128 valence electrons. The fraction of sp³-hybridized carbons (Fsp3) is 0.312. The van der Waals surface area contributed by atoms with Gasteiger partial charge in [0.25, 0.3) is 0 Å². The van der Waals surface area contributed by atoms with Crippen LogP contribution in [-0.4, -0.2) is 38.0 Å². The summed E-state index contributed by atoms with van der Waals surface area (Å²) >= 11 is 1.36. The van der Waals surface area contributed by atoms with Crippen molar-refractivity contribution < 1.29 is 19.0 Å². The quantitative estimate of drug-likeness (QED) is 0.448. The molecule has 0 amide bonds. The number of carbonyl (C=O) groups is 1. The van der Waals surface area contributed by atoms with Crippen molar-refractivity contribution >= 4 is 28.7 Å². The summed E-state index contributed by atoms with van der Waals surface area (Å²) in [4.78, 5) is 15.7. The SMILES string of the molecule is CCOC(=O)Cc1csc(NN=Cc2cccc(OC)c2OC)n1. The molecule has 0 spiro atoms. The van der Waals surface area contributed by atoms with Crippen LogP contribution >= 0.6 is 11.3 Å². The zero-order chi connectivity index (χ0) is 17.4. The maximum absolute atomic E-state index is 11.4. The van der Waals surface area contributed by atoms with Gasteiger partial charge in [0.2, 0.25) is 5.13 Å². The summed E-state index contributed by atoms with van der Waals surface area (Å²) in [5.41, 5.74) is 4.26. The van der Waals surface area contributed by atoms with E-state index in [9.17, 15) is 4.79 Å². The van der Waals surface area contributed by atoms with Crippen LogP contribution in [0.15, 0.2) is 28.7 Å². The lowest BCUT2D eigenvalue weighted by Crippen LogP contribution is -2.07. The molecule has 0 radical (unpaired) electrons. The molecule has 8 heteroatoms. The number of nitrogens with one attached hydrogen (secondary N) is 1. The van der Waals surface area contributed by atoms with Crippen molar-refractivity contribution in [2.75, 3.05) is 26.3 Å². The molecule has 0 unspecified atom stereocenters. The molecule has 0 saturated carbocycles. The van der Waals surface area contributed by atoms with Crippen molar-refractivity contribution in [3.63, 3.8) is 0 Å². The van der Waals surface area contributed by atoms with Crippen LogP contribution in [-0.2, 0) is 16.0 Å². The highest BCUT2D eigenvalue weighted by molar-refractivity contribution is 7.13. The Labute approximate surface area is 144 Å². The number of hydrogen-bond acceptors (Lipinski definition) is 8. The number of thiazole rings is 1. The first-order chi connectivity index (χ1) is 11.7. The van der Waals surface area contributed by atoms with E-state index in [-0.39, 0.29) is 12.4 Å². The largest absolute Gasteiger partial charge is 0.493 e. The number of anilines is 1. The molecule has 1 aromatic carbocycles. The van der Waals surface area contributed by atoms with Crippen LogP contribution < -0.4 is 14.9 Å². The van der Waals surface area contributed by atoms with Gasteiger partial charge in [0, 0.05) is 10.9 Å². The third-order valence-corrected chi connectivity index (χ3v) is 3.78. The number of hydrazone groups is 1. The Bertz CT molecular complexity index is 715. The van der Waals surface area contributed by atoms with Gasteiger partial charge in [0.1, 0.15) is 0 Å². The Morgan fingerprint density at radius 3 is 2.92 bits per heavy atom. The van der Waals surface area contributed by atoms with E-state index in [0.717, 1.165) is 5.56 Å². The van der Waals surface area contributed by atoms with Crippen LogP contribution in [0.5, 0.6) is 11.5 Å². The topological polar surface area (TPSA) is 82.0 Å². The number of hydrogen-bond donors (Lipinski definition) is 1. The van der Waals surface area contributed by atoms with Crippen LogP contribution in [0.3, 0.4) is 0 Å². The molecule has 1 aromatic heterocycles. The summed E-state index contributed by atoms with van der Waals surface area (Å²) in [6.45, 7) is 2.13. The Morgan fingerprint density at radius 1 is 1.38 bits per heavy atom. The first-order valence-corrected chi connectivity index (χ1v) is 8.16. The second-order valence-corrected chi connectivity index (χ2v) is 5.44. The highest BCUT2D eigenvalue weighted by Gasteiger charge is 2.09. The second-order valence-electron chi connectivity index (χ2n) is 4.58. The molecule has 0 aliphatic heterocycles. The Balaban J connectivity index is 2.00. The van der Waals surface area contributed by atoms with E-state index < -0.39 is 0 Å². The fourth-order valence-electron chi connectivity index (χ4n) is 1.97. The van der Waals surface area contributed by atoms with E-state index in [0.29, 0.717) is 28.9 Å². The van der Waals surface area contributed by atoms with Crippen molar-refractivity contribution in [1.29, 1.82) is 0 Å². The predicted octanol–water partition coefficient (Wildman–Crippen LogP) is 2.71. The fourth-order valence-corrected chi connectivity index (χ4v) is 2.63. The zero-order valence-corrected chi connectivity index (χ0v) is 14.6. The van der Waals surface area contributed by atoms with Crippen LogP contribution in [0.2, 0.25) is 0 Å². The van der Waals surface area contributed by atoms with Crippen molar-refractivity contribution in [2.45, 2.75) is 13.3 Å². The lowest BCUT2D eigenvalue weighted by atomic mass is 10.2. The predicted molar refractivity (Wildman–Crippen MR) is 93.2 cm³/mol. The van der Waals surface area contributed by atoms with Gasteiger partial charge in [0.05, 0.1) is 39.2 Å². The molecule has 0 aliphatic carbocycles. The van der Waals surface area contributed by atoms with Gasteiger partial charge >= 0.3 is 5.97 Å². The van der Waals surface area contributed by atoms with Crippen LogP contribution in [0.4, 0.5) is 5.13 Å². The van der Waals surface area contributed by atoms with E-state index in [1.54, 1.807) is 32.7 Å². The molecule has 2 aromatic rings. The Morgan fingerprint density at radius 2 is 2.21 bits per heavy atom. The van der Waals surface area contributed by atoms with Gasteiger partial charge in [0.15, 0.2) is 11.5 Å². The molecule has 0 saturated heterocycles. The average Bonchev–Trinajstić information content (AvgIpc) is 3.01. The smallest absolute Gasteiger partial charge is 0.311 e. The number of carbonyl (C=O) groups excluding carboxylic acids is 1. The standard InChI is InChI=1S/C16H19N3O4S/c1-4-23-14(20)8-12-10-24-16(18-12)19-17-9-11-6-5-7-13(21-2)15(11)22-3/h5-7,9-10H,4,8H2,1-3H3,(H,18,19). The summed E-state index contributed by atoms with van der Waals surface area (Å²) in [5, 5.41) is 6.53. The zero-order valence-electron chi connectivity index (χ0n) is 13.7. The van der Waals surface area contributed by atoms with E-state index in [1.807, 2.05) is 18.2 Å². The highest BCUT2D eigenvalue weighted by Crippen LogP contribution is 2.29. The minimum Gasteiger partial charge on any atom is -0.493 e. The summed E-state index contributed by atoms with van der Waals surface area (Å²) in [5.74, 6) is 0.944. The average molecular weight is 349 g/mol. The number of ether oxygens (including phenoxy) is 3. The molecule has 1 heterocycles. The number of methoxy groups -OCH3 is 2. The molecule has 1 N–H and O–H groups in total. The van der Waals surface area contributed by atoms with Gasteiger partial charge in [-0.3, -0.25) is 10.2 Å². The Kier molecular flexibility index (Phi) is 6.56. The van der Waals surface area contributed by atoms with Gasteiger partial charge < -0.3 is 14.2 Å². The Hall–Kier alpha value is -2.61. The molecular weight excluding hydrogens is 330 g/mol. The number of nitrogens with zero attached hydrogens (tertiary/aromatic N) is 2. The van der Waals surface area contributed by atoms with Crippen molar-refractivity contribution in [1.82, 2.24) is 4.98 Å². The molecular formula is C16H19N3O4S. The molecule has 0 atom stereocenters. The minimum absolute atomic E-state index is 0.152. The van der Waals surface area contributed by atoms with Gasteiger partial charge in [-0.25, -0.2) is 4.98 Å². The number of rotatable bonds is 8. The summed E-state index contributed by atoms with van der Waals surface area (Å²) in [6.07, 6.45) is 1.77. The third kappa shape index (κ3) is 4.69. The van der Waals surface area contributed by atoms with Crippen LogP contribution in [0.25, 0.3) is 0 Å². The number of esters is 1. The summed E-state index contributed by atoms with van der Waals surface area (Å²) in [6, 6.07) is 5.52. The molecule has 24 heavy (non-hydrogen) atoms. The third-order valence-electron chi connectivity index (χ3n) is 2.98. The molecule has 0 aliphatic rings. The van der Waals surface area contributed by atoms with Gasteiger partial charge in [-0.1, -0.05) is 6.07 Å². The summed E-state index contributed by atoms with van der Waals surface area (Å²) in [7, 11) is 3.16. The van der Waals surface area contributed by atoms with Gasteiger partial charge in [-0.05, 0) is 19.1 Å². The van der Waals surface area contributed by atoms with E-state index >= 15 is 0 Å². The van der Waals surface area contributed by atoms with Gasteiger partial charge in [-0.2, -0.15) is 5.10 Å². The maximum atomic E-state index is 11.4. The number of benzene rings is 1. The molecule has 0 bridgehead atoms. The highest BCUT2D eigenvalue weighted by atomic mass is 32.1. The van der Waals surface area contributed by atoms with Crippen molar-refractivity contribution in [2.24, 2.45) is 5.10 Å². The second kappa shape index (κ2) is 8.88. The van der Waals surface area contributed by atoms with Crippen molar-refractivity contribution in [3.05, 3.63) is 34.8 Å². The van der Waals surface area contributed by atoms with Crippen molar-refractivity contribution in [3.8, 4) is 11.5 Å². The van der Waals surface area contributed by atoms with Crippen LogP contribution in [0, 0.1) is 0 Å². The first-order valence-electron chi connectivity index (χ1n) is 7.28. The van der Waals surface area contributed by atoms with E-state index in [2.05, 4.69) is 15.5 Å². The first kappa shape index (κ1) is 17.7. The van der Waals surface area contributed by atoms with Crippen LogP contribution in [0.1, 0.15) is 18.2 Å². The normalized spacial score (nSPS) is 10.6. The minimum atomic E-state index is -0.293.